The lowest BCUT2D eigenvalue weighted by Crippen LogP contribution is -2.30. The van der Waals surface area contributed by atoms with Crippen LogP contribution >= 0.6 is 11.3 Å². The quantitative estimate of drug-likeness (QED) is 0.548. The number of methoxy groups -OCH3 is 1. The summed E-state index contributed by atoms with van der Waals surface area (Å²) >= 11 is 1.31. The van der Waals surface area contributed by atoms with Crippen LogP contribution in [0.2, 0.25) is 0 Å². The molecule has 3 nitrogen and oxygen atoms in total. The zero-order valence-corrected chi connectivity index (χ0v) is 15.4. The van der Waals surface area contributed by atoms with Crippen molar-refractivity contribution in [3.63, 3.8) is 0 Å². The van der Waals surface area contributed by atoms with E-state index in [9.17, 15) is 9.18 Å². The third-order valence-corrected chi connectivity index (χ3v) is 5.28. The van der Waals surface area contributed by atoms with E-state index in [4.69, 9.17) is 4.74 Å². The number of amides is 1. The van der Waals surface area contributed by atoms with Gasteiger partial charge in [0.25, 0.3) is 5.91 Å². The third-order valence-electron chi connectivity index (χ3n) is 4.10. The van der Waals surface area contributed by atoms with Gasteiger partial charge >= 0.3 is 0 Å². The van der Waals surface area contributed by atoms with Gasteiger partial charge in [-0.15, -0.1) is 17.9 Å². The highest BCUT2D eigenvalue weighted by molar-refractivity contribution is 7.21. The van der Waals surface area contributed by atoms with Crippen molar-refractivity contribution < 1.29 is 13.9 Å². The third kappa shape index (κ3) is 3.69. The van der Waals surface area contributed by atoms with Gasteiger partial charge in [-0.3, -0.25) is 4.79 Å². The second-order valence-corrected chi connectivity index (χ2v) is 6.97. The molecule has 0 radical (unpaired) electrons. The van der Waals surface area contributed by atoms with Crippen molar-refractivity contribution in [2.45, 2.75) is 13.2 Å². The molecule has 5 heteroatoms. The summed E-state index contributed by atoms with van der Waals surface area (Å²) in [6.45, 7) is 4.83. The van der Waals surface area contributed by atoms with Crippen LogP contribution in [0.15, 0.2) is 61.2 Å². The Hall–Kier alpha value is -2.50. The molecule has 0 unspecified atom stereocenters. The second-order valence-electron chi connectivity index (χ2n) is 5.92. The maximum atomic E-state index is 14.4. The van der Waals surface area contributed by atoms with Crippen molar-refractivity contribution in [3.05, 3.63) is 83.0 Å². The summed E-state index contributed by atoms with van der Waals surface area (Å²) in [6.07, 6.45) is 1.70. The fraction of sp³-hybridized carbons (Fsp3) is 0.190. The lowest BCUT2D eigenvalue weighted by Gasteiger charge is -2.21. The average molecular weight is 369 g/mol. The smallest absolute Gasteiger partial charge is 0.264 e. The van der Waals surface area contributed by atoms with E-state index < -0.39 is 0 Å². The number of benzene rings is 2. The molecule has 0 N–H and O–H groups in total. The summed E-state index contributed by atoms with van der Waals surface area (Å²) in [4.78, 5) is 15.5. The van der Waals surface area contributed by atoms with Gasteiger partial charge in [0, 0.05) is 35.8 Å². The zero-order chi connectivity index (χ0) is 18.5. The first-order valence-corrected chi connectivity index (χ1v) is 9.10. The van der Waals surface area contributed by atoms with Crippen LogP contribution in [0.5, 0.6) is 0 Å². The molecular weight excluding hydrogens is 349 g/mol. The molecule has 0 atom stereocenters. The van der Waals surface area contributed by atoms with Crippen LogP contribution in [0.3, 0.4) is 0 Å². The van der Waals surface area contributed by atoms with Crippen molar-refractivity contribution in [1.82, 2.24) is 4.90 Å². The molecule has 0 bridgehead atoms. The molecule has 2 aromatic carbocycles. The molecule has 0 saturated heterocycles. The number of carbonyl (C=O) groups is 1. The summed E-state index contributed by atoms with van der Waals surface area (Å²) < 4.78 is 20.3. The molecule has 1 amide bonds. The predicted molar refractivity (Wildman–Crippen MR) is 104 cm³/mol. The summed E-state index contributed by atoms with van der Waals surface area (Å²) in [6, 6.07) is 14.7. The number of rotatable bonds is 7. The molecule has 134 valence electrons. The molecule has 0 spiro atoms. The van der Waals surface area contributed by atoms with Gasteiger partial charge < -0.3 is 9.64 Å². The van der Waals surface area contributed by atoms with Crippen LogP contribution in [0.4, 0.5) is 4.39 Å². The minimum absolute atomic E-state index is 0.138. The van der Waals surface area contributed by atoms with E-state index in [1.54, 1.807) is 24.2 Å². The van der Waals surface area contributed by atoms with Crippen LogP contribution in [0.25, 0.3) is 10.1 Å². The molecule has 3 rings (SSSR count). The molecule has 0 saturated carbocycles. The lowest BCUT2D eigenvalue weighted by molar-refractivity contribution is 0.0763. The van der Waals surface area contributed by atoms with Crippen molar-refractivity contribution in [2.75, 3.05) is 13.7 Å². The molecule has 0 aliphatic rings. The van der Waals surface area contributed by atoms with Crippen molar-refractivity contribution in [1.29, 1.82) is 0 Å². The Morgan fingerprint density at radius 1 is 1.23 bits per heavy atom. The first-order chi connectivity index (χ1) is 12.7. The number of nitrogens with zero attached hydrogens (tertiary/aromatic N) is 1. The maximum absolute atomic E-state index is 14.4. The van der Waals surface area contributed by atoms with Gasteiger partial charge in [-0.1, -0.05) is 42.5 Å². The number of hydrogen-bond donors (Lipinski definition) is 0. The van der Waals surface area contributed by atoms with Gasteiger partial charge in [0.1, 0.15) is 5.82 Å². The van der Waals surface area contributed by atoms with Gasteiger partial charge in [0.15, 0.2) is 0 Å². The second kappa shape index (κ2) is 8.25. The van der Waals surface area contributed by atoms with Crippen molar-refractivity contribution in [3.8, 4) is 0 Å². The van der Waals surface area contributed by atoms with Gasteiger partial charge in [-0.25, -0.2) is 4.39 Å². The SMILES string of the molecule is C=CCN(Cc1ccccc1)C(=O)c1sc2cccc(F)c2c1COC. The summed E-state index contributed by atoms with van der Waals surface area (Å²) in [5.41, 5.74) is 1.64. The minimum atomic E-state index is -0.330. The number of ether oxygens (including phenoxy) is 1. The highest BCUT2D eigenvalue weighted by Gasteiger charge is 2.24. The fourth-order valence-electron chi connectivity index (χ4n) is 2.94. The number of hydrogen-bond acceptors (Lipinski definition) is 3. The van der Waals surface area contributed by atoms with E-state index >= 15 is 0 Å². The molecular formula is C21H20FNO2S. The van der Waals surface area contributed by atoms with Crippen LogP contribution in [-0.2, 0) is 17.9 Å². The number of fused-ring (bicyclic) bond motifs is 1. The van der Waals surface area contributed by atoms with Gasteiger partial charge in [0.05, 0.1) is 11.5 Å². The largest absolute Gasteiger partial charge is 0.380 e. The standard InChI is InChI=1S/C21H20FNO2S/c1-3-12-23(13-15-8-5-4-6-9-15)21(24)20-16(14-25-2)19-17(22)10-7-11-18(19)26-20/h3-11H,1,12-14H2,2H3. The van der Waals surface area contributed by atoms with Crippen LogP contribution < -0.4 is 0 Å². The van der Waals surface area contributed by atoms with Crippen LogP contribution in [-0.4, -0.2) is 24.5 Å². The summed E-state index contributed by atoms with van der Waals surface area (Å²) in [5.74, 6) is -0.468. The van der Waals surface area contributed by atoms with Crippen molar-refractivity contribution in [2.24, 2.45) is 0 Å². The molecule has 1 aromatic heterocycles. The average Bonchev–Trinajstić information content (AvgIpc) is 3.02. The van der Waals surface area contributed by atoms with E-state index in [-0.39, 0.29) is 18.3 Å². The number of halogens is 1. The number of carbonyl (C=O) groups excluding carboxylic acids is 1. The summed E-state index contributed by atoms with van der Waals surface area (Å²) in [5, 5.41) is 0.473. The molecule has 0 aliphatic carbocycles. The van der Waals surface area contributed by atoms with E-state index in [2.05, 4.69) is 6.58 Å². The summed E-state index contributed by atoms with van der Waals surface area (Å²) in [7, 11) is 1.55. The Morgan fingerprint density at radius 2 is 2.00 bits per heavy atom. The highest BCUT2D eigenvalue weighted by atomic mass is 32.1. The van der Waals surface area contributed by atoms with E-state index in [1.807, 2.05) is 36.4 Å². The lowest BCUT2D eigenvalue weighted by atomic mass is 10.1. The molecule has 26 heavy (non-hydrogen) atoms. The maximum Gasteiger partial charge on any atom is 0.264 e. The monoisotopic (exact) mass is 369 g/mol. The zero-order valence-electron chi connectivity index (χ0n) is 14.6. The Kier molecular flexibility index (Phi) is 5.81. The minimum Gasteiger partial charge on any atom is -0.380 e. The first kappa shape index (κ1) is 18.3. The number of thiophene rings is 1. The fourth-order valence-corrected chi connectivity index (χ4v) is 4.13. The Bertz CT molecular complexity index is 920. The Balaban J connectivity index is 2.02. The Labute approximate surface area is 156 Å². The normalized spacial score (nSPS) is 10.8. The van der Waals surface area contributed by atoms with E-state index in [1.165, 1.54) is 17.4 Å². The van der Waals surface area contributed by atoms with Gasteiger partial charge in [-0.05, 0) is 17.7 Å². The topological polar surface area (TPSA) is 29.5 Å². The first-order valence-electron chi connectivity index (χ1n) is 8.28. The van der Waals surface area contributed by atoms with Crippen LogP contribution in [0.1, 0.15) is 20.8 Å². The van der Waals surface area contributed by atoms with E-state index in [0.29, 0.717) is 28.9 Å². The molecule has 3 aromatic rings. The molecule has 0 fully saturated rings. The predicted octanol–water partition coefficient (Wildman–Crippen LogP) is 5.02. The van der Waals surface area contributed by atoms with Crippen molar-refractivity contribution >= 4 is 27.3 Å². The van der Waals surface area contributed by atoms with Gasteiger partial charge in [0.2, 0.25) is 0 Å². The van der Waals surface area contributed by atoms with E-state index in [0.717, 1.165) is 10.3 Å². The highest BCUT2D eigenvalue weighted by Crippen LogP contribution is 2.34. The molecule has 0 aliphatic heterocycles. The Morgan fingerprint density at radius 3 is 2.69 bits per heavy atom. The molecule has 1 heterocycles. The van der Waals surface area contributed by atoms with Crippen LogP contribution in [0, 0.1) is 5.82 Å². The van der Waals surface area contributed by atoms with Gasteiger partial charge in [-0.2, -0.15) is 0 Å².